The number of pyridine rings is 1. The Morgan fingerprint density at radius 1 is 0.974 bits per heavy atom. The van der Waals surface area contributed by atoms with Gasteiger partial charge in [0, 0.05) is 29.3 Å². The van der Waals surface area contributed by atoms with Crippen molar-refractivity contribution in [3.05, 3.63) is 129 Å². The number of esters is 1. The van der Waals surface area contributed by atoms with E-state index in [-0.39, 0.29) is 35.6 Å². The number of ether oxygens (including phenoxy) is 2. The second-order valence-corrected chi connectivity index (χ2v) is 10.5. The average Bonchev–Trinajstić information content (AvgIpc) is 3.14. The van der Waals surface area contributed by atoms with E-state index in [2.05, 4.69) is 29.6 Å². The molecule has 0 saturated carbocycles. The van der Waals surface area contributed by atoms with Gasteiger partial charge in [0.2, 0.25) is 5.43 Å². The van der Waals surface area contributed by atoms with E-state index < -0.39 is 17.3 Å². The first-order valence-corrected chi connectivity index (χ1v) is 13.7. The predicted molar refractivity (Wildman–Crippen MR) is 148 cm³/mol. The van der Waals surface area contributed by atoms with Crippen molar-refractivity contribution < 1.29 is 19.1 Å². The number of fused-ring (bicyclic) bond motifs is 3. The van der Waals surface area contributed by atoms with Crippen molar-refractivity contribution in [3.8, 4) is 5.75 Å². The molecule has 2 aliphatic rings. The molecule has 39 heavy (non-hydrogen) atoms. The van der Waals surface area contributed by atoms with Gasteiger partial charge in [-0.1, -0.05) is 72.8 Å². The summed E-state index contributed by atoms with van der Waals surface area (Å²) in [4.78, 5) is 40.8. The average molecular weight is 539 g/mol. The molecule has 8 heteroatoms. The van der Waals surface area contributed by atoms with Crippen LogP contribution in [0.3, 0.4) is 0 Å². The Kier molecular flexibility index (Phi) is 6.70. The summed E-state index contributed by atoms with van der Waals surface area (Å²) in [5, 5.41) is 2.99. The molecule has 1 amide bonds. The van der Waals surface area contributed by atoms with Crippen LogP contribution in [0.15, 0.2) is 94.7 Å². The highest BCUT2D eigenvalue weighted by Gasteiger charge is 2.39. The highest BCUT2D eigenvalue weighted by molar-refractivity contribution is 7.98. The third-order valence-electron chi connectivity index (χ3n) is 7.28. The number of nitrogens with one attached hydrogen (secondary N) is 1. The van der Waals surface area contributed by atoms with E-state index >= 15 is 0 Å². The number of methoxy groups -OCH3 is 1. The van der Waals surface area contributed by atoms with Gasteiger partial charge in [-0.2, -0.15) is 0 Å². The lowest BCUT2D eigenvalue weighted by Gasteiger charge is -2.36. The van der Waals surface area contributed by atoms with Gasteiger partial charge >= 0.3 is 5.97 Å². The number of nitrogens with zero attached hydrogens (tertiary/aromatic N) is 1. The van der Waals surface area contributed by atoms with E-state index in [1.165, 1.54) is 18.9 Å². The minimum Gasteiger partial charge on any atom is -0.483 e. The fraction of sp³-hybridized carbons (Fsp3) is 0.194. The molecule has 7 nitrogen and oxygen atoms in total. The van der Waals surface area contributed by atoms with Crippen LogP contribution in [0.25, 0.3) is 0 Å². The lowest BCUT2D eigenvalue weighted by atomic mass is 9.81. The Balaban J connectivity index is 1.56. The molecule has 0 saturated heterocycles. The zero-order valence-electron chi connectivity index (χ0n) is 21.3. The minimum atomic E-state index is -0.776. The van der Waals surface area contributed by atoms with E-state index in [0.29, 0.717) is 6.54 Å². The summed E-state index contributed by atoms with van der Waals surface area (Å²) in [5.41, 5.74) is 3.57. The minimum absolute atomic E-state index is 0.0669. The van der Waals surface area contributed by atoms with Gasteiger partial charge in [-0.3, -0.25) is 9.59 Å². The molecule has 1 aromatic heterocycles. The standard InChI is InChI=1S/C31H26N2O5S/c1-37-31(36)23-16-33-24(26-21-12-6-5-11-20(21)18-39-25-14-8-7-13-22(25)26)15-32-30(35)27(33)29(28(23)34)38-17-19-9-3-2-4-10-19/h2-14,16,24,26H,15,17-18H2,1H3,(H,32,35)/t24-,26?/m1/s1. The number of hydrogen-bond acceptors (Lipinski definition) is 6. The third kappa shape index (κ3) is 4.51. The number of carbonyl (C=O) groups excluding carboxylic acids is 2. The molecule has 0 aliphatic carbocycles. The smallest absolute Gasteiger partial charge is 0.343 e. The normalized spacial score (nSPS) is 17.6. The van der Waals surface area contributed by atoms with Crippen molar-refractivity contribution in [2.45, 2.75) is 29.2 Å². The number of carbonyl (C=O) groups is 2. The van der Waals surface area contributed by atoms with E-state index in [1.54, 1.807) is 16.3 Å². The van der Waals surface area contributed by atoms with Gasteiger partial charge in [0.15, 0.2) is 11.4 Å². The Hall–Kier alpha value is -4.30. The SMILES string of the molecule is COC(=O)c1cn2c(c(OCc3ccccc3)c1=O)C(=O)NC[C@@H]2C1c2ccccc2CSc2ccccc21. The summed E-state index contributed by atoms with van der Waals surface area (Å²) in [6.07, 6.45) is 1.46. The van der Waals surface area contributed by atoms with Crippen LogP contribution in [-0.4, -0.2) is 30.1 Å². The largest absolute Gasteiger partial charge is 0.483 e. The first-order chi connectivity index (χ1) is 19.1. The van der Waals surface area contributed by atoms with Crippen LogP contribution < -0.4 is 15.5 Å². The van der Waals surface area contributed by atoms with E-state index in [1.807, 2.05) is 54.6 Å². The molecule has 0 spiro atoms. The molecule has 2 atom stereocenters. The number of benzene rings is 3. The van der Waals surface area contributed by atoms with Crippen LogP contribution in [0.2, 0.25) is 0 Å². The van der Waals surface area contributed by atoms with Crippen molar-refractivity contribution in [2.24, 2.45) is 0 Å². The highest BCUT2D eigenvalue weighted by Crippen LogP contribution is 2.46. The summed E-state index contributed by atoms with van der Waals surface area (Å²) < 4.78 is 12.7. The van der Waals surface area contributed by atoms with Crippen molar-refractivity contribution >= 4 is 23.6 Å². The van der Waals surface area contributed by atoms with Gasteiger partial charge < -0.3 is 19.4 Å². The maximum absolute atomic E-state index is 13.5. The Morgan fingerprint density at radius 3 is 2.49 bits per heavy atom. The predicted octanol–water partition coefficient (Wildman–Crippen LogP) is 4.94. The maximum atomic E-state index is 13.5. The van der Waals surface area contributed by atoms with Crippen LogP contribution in [0, 0.1) is 0 Å². The van der Waals surface area contributed by atoms with Crippen molar-refractivity contribution in [1.29, 1.82) is 0 Å². The van der Waals surface area contributed by atoms with E-state index in [9.17, 15) is 14.4 Å². The van der Waals surface area contributed by atoms with Crippen LogP contribution >= 0.6 is 11.8 Å². The zero-order chi connectivity index (χ0) is 26.9. The van der Waals surface area contributed by atoms with E-state index in [0.717, 1.165) is 27.3 Å². The molecule has 1 N–H and O–H groups in total. The molecule has 0 bridgehead atoms. The summed E-state index contributed by atoms with van der Waals surface area (Å²) in [5.74, 6) is -0.692. The van der Waals surface area contributed by atoms with E-state index in [4.69, 9.17) is 9.47 Å². The van der Waals surface area contributed by atoms with Gasteiger partial charge in [-0.05, 0) is 28.3 Å². The summed E-state index contributed by atoms with van der Waals surface area (Å²) in [7, 11) is 1.23. The lowest BCUT2D eigenvalue weighted by Crippen LogP contribution is -2.44. The van der Waals surface area contributed by atoms with Crippen LogP contribution in [0.1, 0.15) is 55.1 Å². The summed E-state index contributed by atoms with van der Waals surface area (Å²) in [6, 6.07) is 25.6. The number of aromatic nitrogens is 1. The quantitative estimate of drug-likeness (QED) is 0.363. The maximum Gasteiger partial charge on any atom is 0.343 e. The second kappa shape index (κ2) is 10.5. The van der Waals surface area contributed by atoms with Crippen molar-refractivity contribution in [1.82, 2.24) is 9.88 Å². The molecule has 0 radical (unpaired) electrons. The molecule has 4 aromatic rings. The molecular formula is C31H26N2O5S. The first kappa shape index (κ1) is 25.0. The van der Waals surface area contributed by atoms with Gasteiger partial charge in [0.05, 0.1) is 13.2 Å². The summed E-state index contributed by atoms with van der Waals surface area (Å²) in [6.45, 7) is 0.378. The fourth-order valence-corrected chi connectivity index (χ4v) is 6.55. The lowest BCUT2D eigenvalue weighted by molar-refractivity contribution is 0.0595. The van der Waals surface area contributed by atoms with Crippen LogP contribution in [0.4, 0.5) is 0 Å². The number of rotatable bonds is 5. The van der Waals surface area contributed by atoms with Gasteiger partial charge in [0.25, 0.3) is 5.91 Å². The molecular weight excluding hydrogens is 512 g/mol. The number of thioether (sulfide) groups is 1. The molecule has 6 rings (SSSR count). The molecule has 196 valence electrons. The van der Waals surface area contributed by atoms with Crippen LogP contribution in [0.5, 0.6) is 5.75 Å². The molecule has 3 heterocycles. The topological polar surface area (TPSA) is 86.6 Å². The Morgan fingerprint density at radius 2 is 1.69 bits per heavy atom. The van der Waals surface area contributed by atoms with Crippen molar-refractivity contribution in [2.75, 3.05) is 13.7 Å². The van der Waals surface area contributed by atoms with Crippen LogP contribution in [-0.2, 0) is 17.1 Å². The number of hydrogen-bond donors (Lipinski definition) is 1. The Labute approximate surface area is 229 Å². The van der Waals surface area contributed by atoms with Crippen molar-refractivity contribution in [3.63, 3.8) is 0 Å². The molecule has 2 aliphatic heterocycles. The zero-order valence-corrected chi connectivity index (χ0v) is 22.1. The summed E-state index contributed by atoms with van der Waals surface area (Å²) >= 11 is 1.78. The highest BCUT2D eigenvalue weighted by atomic mass is 32.2. The molecule has 1 unspecified atom stereocenters. The fourth-order valence-electron chi connectivity index (χ4n) is 5.44. The second-order valence-electron chi connectivity index (χ2n) is 9.50. The van der Waals surface area contributed by atoms with Gasteiger partial charge in [-0.15, -0.1) is 11.8 Å². The van der Waals surface area contributed by atoms with Gasteiger partial charge in [-0.25, -0.2) is 4.79 Å². The molecule has 3 aromatic carbocycles. The number of amides is 1. The van der Waals surface area contributed by atoms with Gasteiger partial charge in [0.1, 0.15) is 12.2 Å². The Bertz CT molecular complexity index is 1580. The monoisotopic (exact) mass is 538 g/mol. The third-order valence-corrected chi connectivity index (χ3v) is 8.42. The first-order valence-electron chi connectivity index (χ1n) is 12.7. The molecule has 0 fully saturated rings.